The van der Waals surface area contributed by atoms with Crippen molar-refractivity contribution in [3.8, 4) is 0 Å². The molecule has 0 aliphatic carbocycles. The lowest BCUT2D eigenvalue weighted by molar-refractivity contribution is 0.569. The van der Waals surface area contributed by atoms with Crippen LogP contribution in [0.5, 0.6) is 0 Å². The molecule has 116 valence electrons. The topological polar surface area (TPSA) is 66.5 Å². The van der Waals surface area contributed by atoms with Crippen LogP contribution >= 0.6 is 0 Å². The summed E-state index contributed by atoms with van der Waals surface area (Å²) in [5, 5.41) is 11.2. The molecule has 0 atom stereocenters. The van der Waals surface area contributed by atoms with Gasteiger partial charge in [-0.1, -0.05) is 58.3 Å². The highest BCUT2D eigenvalue weighted by atomic mass is 15.2. The number of hydrogen-bond donors (Lipinski definition) is 2. The Hall–Kier alpha value is -1.65. The molecule has 0 spiro atoms. The van der Waals surface area contributed by atoms with E-state index in [-0.39, 0.29) is 0 Å². The van der Waals surface area contributed by atoms with Gasteiger partial charge in [-0.3, -0.25) is 5.10 Å². The summed E-state index contributed by atoms with van der Waals surface area (Å²) < 4.78 is 0. The maximum Gasteiger partial charge on any atom is 0.160 e. The summed E-state index contributed by atoms with van der Waals surface area (Å²) in [7, 11) is 0. The molecule has 0 saturated heterocycles. The van der Waals surface area contributed by atoms with Gasteiger partial charge in [0.25, 0.3) is 0 Å². The van der Waals surface area contributed by atoms with Crippen LogP contribution < -0.4 is 5.32 Å². The Morgan fingerprint density at radius 1 is 0.952 bits per heavy atom. The van der Waals surface area contributed by atoms with Crippen molar-refractivity contribution in [2.45, 2.75) is 64.7 Å². The zero-order valence-corrected chi connectivity index (χ0v) is 13.1. The van der Waals surface area contributed by atoms with Crippen molar-refractivity contribution in [1.82, 2.24) is 20.2 Å². The van der Waals surface area contributed by atoms with Gasteiger partial charge >= 0.3 is 0 Å². The number of anilines is 1. The zero-order valence-electron chi connectivity index (χ0n) is 13.1. The minimum absolute atomic E-state index is 0.791. The van der Waals surface area contributed by atoms with Gasteiger partial charge in [-0.25, -0.2) is 9.97 Å². The van der Waals surface area contributed by atoms with E-state index in [1.165, 1.54) is 57.8 Å². The van der Waals surface area contributed by atoms with Gasteiger partial charge in [-0.15, -0.1) is 0 Å². The van der Waals surface area contributed by atoms with Crippen molar-refractivity contribution < 1.29 is 0 Å². The third kappa shape index (κ3) is 5.33. The molecule has 5 heteroatoms. The van der Waals surface area contributed by atoms with Crippen LogP contribution in [-0.2, 0) is 0 Å². The van der Waals surface area contributed by atoms with E-state index in [1.807, 2.05) is 0 Å². The molecule has 2 rings (SSSR count). The van der Waals surface area contributed by atoms with E-state index in [1.54, 1.807) is 12.5 Å². The molecule has 0 bridgehead atoms. The van der Waals surface area contributed by atoms with Crippen LogP contribution in [-0.4, -0.2) is 26.7 Å². The predicted molar refractivity (Wildman–Crippen MR) is 87.4 cm³/mol. The first-order chi connectivity index (χ1) is 10.4. The Morgan fingerprint density at radius 3 is 2.43 bits per heavy atom. The number of hydrogen-bond acceptors (Lipinski definition) is 4. The van der Waals surface area contributed by atoms with Crippen molar-refractivity contribution in [3.63, 3.8) is 0 Å². The molecule has 2 aromatic rings. The molecule has 2 N–H and O–H groups in total. The quantitative estimate of drug-likeness (QED) is 0.605. The highest BCUT2D eigenvalue weighted by molar-refractivity contribution is 5.85. The molecule has 21 heavy (non-hydrogen) atoms. The third-order valence-electron chi connectivity index (χ3n) is 3.82. The molecule has 0 amide bonds. The fourth-order valence-electron chi connectivity index (χ4n) is 2.55. The highest BCUT2D eigenvalue weighted by Crippen LogP contribution is 2.16. The van der Waals surface area contributed by atoms with Crippen LogP contribution in [0.2, 0.25) is 0 Å². The number of nitrogens with one attached hydrogen (secondary N) is 2. The molecule has 0 fully saturated rings. The number of rotatable bonds is 11. The van der Waals surface area contributed by atoms with Crippen molar-refractivity contribution in [3.05, 3.63) is 12.5 Å². The molecular formula is C16H27N5. The predicted octanol–water partition coefficient (Wildman–Crippen LogP) is 4.30. The fraction of sp³-hybridized carbons (Fsp3) is 0.688. The third-order valence-corrected chi connectivity index (χ3v) is 3.82. The molecule has 0 saturated carbocycles. The summed E-state index contributed by atoms with van der Waals surface area (Å²) in [5.74, 6) is 0.883. The van der Waals surface area contributed by atoms with Crippen LogP contribution in [0.3, 0.4) is 0 Å². The first kappa shape index (κ1) is 15.7. The van der Waals surface area contributed by atoms with Crippen molar-refractivity contribution in [2.24, 2.45) is 0 Å². The van der Waals surface area contributed by atoms with Crippen molar-refractivity contribution >= 4 is 16.9 Å². The van der Waals surface area contributed by atoms with E-state index in [0.29, 0.717) is 0 Å². The molecule has 0 radical (unpaired) electrons. The van der Waals surface area contributed by atoms with E-state index in [0.717, 1.165) is 23.4 Å². The SMILES string of the molecule is CCCCCCCCCCCNc1ncnc2[nH]ncc12. The molecule has 0 aliphatic heterocycles. The molecule has 0 aromatic carbocycles. The fourth-order valence-corrected chi connectivity index (χ4v) is 2.55. The molecular weight excluding hydrogens is 262 g/mol. The Kier molecular flexibility index (Phi) is 6.98. The van der Waals surface area contributed by atoms with E-state index in [9.17, 15) is 0 Å². The lowest BCUT2D eigenvalue weighted by Gasteiger charge is -2.06. The summed E-state index contributed by atoms with van der Waals surface area (Å²) in [4.78, 5) is 8.40. The Morgan fingerprint density at radius 2 is 1.67 bits per heavy atom. The van der Waals surface area contributed by atoms with Gasteiger partial charge in [-0.2, -0.15) is 5.10 Å². The van der Waals surface area contributed by atoms with E-state index >= 15 is 0 Å². The number of H-pyrrole nitrogens is 1. The van der Waals surface area contributed by atoms with Gasteiger partial charge in [-0.05, 0) is 6.42 Å². The summed E-state index contributed by atoms with van der Waals surface area (Å²) in [6.45, 7) is 3.23. The second kappa shape index (κ2) is 9.32. The first-order valence-corrected chi connectivity index (χ1v) is 8.29. The number of unbranched alkanes of at least 4 members (excludes halogenated alkanes) is 8. The molecule has 0 aliphatic rings. The lowest BCUT2D eigenvalue weighted by Crippen LogP contribution is -2.03. The summed E-state index contributed by atoms with van der Waals surface area (Å²) in [6, 6.07) is 0. The van der Waals surface area contributed by atoms with Crippen molar-refractivity contribution in [1.29, 1.82) is 0 Å². The Balaban J connectivity index is 1.53. The van der Waals surface area contributed by atoms with E-state index in [4.69, 9.17) is 0 Å². The average molecular weight is 289 g/mol. The molecule has 2 aromatic heterocycles. The maximum atomic E-state index is 4.27. The lowest BCUT2D eigenvalue weighted by atomic mass is 10.1. The smallest absolute Gasteiger partial charge is 0.160 e. The van der Waals surface area contributed by atoms with Gasteiger partial charge in [0.05, 0.1) is 11.6 Å². The van der Waals surface area contributed by atoms with E-state index in [2.05, 4.69) is 32.4 Å². The van der Waals surface area contributed by atoms with Crippen LogP contribution in [0.25, 0.3) is 11.0 Å². The summed E-state index contributed by atoms with van der Waals surface area (Å²) in [5.41, 5.74) is 0.791. The minimum atomic E-state index is 0.791. The maximum absolute atomic E-state index is 4.27. The average Bonchev–Trinajstić information content (AvgIpc) is 2.98. The van der Waals surface area contributed by atoms with Gasteiger partial charge in [0, 0.05) is 6.54 Å². The number of aromatic amines is 1. The Labute approximate surface area is 127 Å². The minimum Gasteiger partial charge on any atom is -0.369 e. The molecule has 2 heterocycles. The summed E-state index contributed by atoms with van der Waals surface area (Å²) >= 11 is 0. The van der Waals surface area contributed by atoms with Gasteiger partial charge in [0.2, 0.25) is 0 Å². The number of nitrogens with zero attached hydrogens (tertiary/aromatic N) is 3. The van der Waals surface area contributed by atoms with Crippen LogP contribution in [0.1, 0.15) is 64.7 Å². The Bertz CT molecular complexity index is 508. The first-order valence-electron chi connectivity index (χ1n) is 8.29. The van der Waals surface area contributed by atoms with Crippen LogP contribution in [0.4, 0.5) is 5.82 Å². The molecule has 5 nitrogen and oxygen atoms in total. The van der Waals surface area contributed by atoms with Crippen LogP contribution in [0.15, 0.2) is 12.5 Å². The second-order valence-electron chi connectivity index (χ2n) is 5.61. The number of fused-ring (bicyclic) bond motifs is 1. The van der Waals surface area contributed by atoms with Crippen molar-refractivity contribution in [2.75, 3.05) is 11.9 Å². The largest absolute Gasteiger partial charge is 0.369 e. The zero-order chi connectivity index (χ0) is 14.8. The van der Waals surface area contributed by atoms with Gasteiger partial charge < -0.3 is 5.32 Å². The van der Waals surface area contributed by atoms with Gasteiger partial charge in [0.15, 0.2) is 5.65 Å². The second-order valence-corrected chi connectivity index (χ2v) is 5.61. The monoisotopic (exact) mass is 289 g/mol. The molecule has 0 unspecified atom stereocenters. The normalized spacial score (nSPS) is 11.1. The van der Waals surface area contributed by atoms with Gasteiger partial charge in [0.1, 0.15) is 12.1 Å². The van der Waals surface area contributed by atoms with Crippen LogP contribution in [0, 0.1) is 0 Å². The summed E-state index contributed by atoms with van der Waals surface area (Å²) in [6.07, 6.45) is 15.5. The number of aromatic nitrogens is 4. The van der Waals surface area contributed by atoms with E-state index < -0.39 is 0 Å². The highest BCUT2D eigenvalue weighted by Gasteiger charge is 2.03. The standard InChI is InChI=1S/C16H27N5/c1-2-3-4-5-6-7-8-9-10-11-17-15-14-12-20-21-16(14)19-13-18-15/h12-13H,2-11H2,1H3,(H2,17,18,19,20,21).